The molecule has 3 heteroatoms. The van der Waals surface area contributed by atoms with Crippen molar-refractivity contribution in [2.45, 2.75) is 59.5 Å². The highest BCUT2D eigenvalue weighted by atomic mass is 15.3. The van der Waals surface area contributed by atoms with Crippen LogP contribution in [0.5, 0.6) is 0 Å². The summed E-state index contributed by atoms with van der Waals surface area (Å²) in [5, 5.41) is 7.92. The molecule has 3 nitrogen and oxygen atoms in total. The molecule has 92 valence electrons. The van der Waals surface area contributed by atoms with Gasteiger partial charge in [0.25, 0.3) is 0 Å². The molecule has 1 aromatic rings. The SMILES string of the molecule is CCCc1c(CNCC)cnn1C(C)CC. The van der Waals surface area contributed by atoms with E-state index in [4.69, 9.17) is 0 Å². The molecule has 0 aromatic carbocycles. The zero-order valence-corrected chi connectivity index (χ0v) is 11.1. The van der Waals surface area contributed by atoms with Crippen LogP contribution < -0.4 is 5.32 Å². The quantitative estimate of drug-likeness (QED) is 0.770. The number of hydrogen-bond donors (Lipinski definition) is 1. The Bertz CT molecular complexity index is 304. The van der Waals surface area contributed by atoms with Gasteiger partial charge >= 0.3 is 0 Å². The maximum atomic E-state index is 4.54. The first kappa shape index (κ1) is 13.2. The minimum atomic E-state index is 0.511. The third-order valence-corrected chi connectivity index (χ3v) is 3.05. The summed E-state index contributed by atoms with van der Waals surface area (Å²) in [6.07, 6.45) is 5.48. The number of rotatable bonds is 7. The minimum Gasteiger partial charge on any atom is -0.313 e. The molecule has 0 aliphatic carbocycles. The molecule has 1 atom stereocenters. The van der Waals surface area contributed by atoms with Gasteiger partial charge in [0.2, 0.25) is 0 Å². The van der Waals surface area contributed by atoms with Gasteiger partial charge in [0.15, 0.2) is 0 Å². The van der Waals surface area contributed by atoms with Crippen molar-refractivity contribution in [2.75, 3.05) is 6.54 Å². The molecule has 1 unspecified atom stereocenters. The molecule has 0 saturated heterocycles. The first-order valence-electron chi connectivity index (χ1n) is 6.50. The molecule has 0 bridgehead atoms. The monoisotopic (exact) mass is 223 g/mol. The molecule has 1 N–H and O–H groups in total. The minimum absolute atomic E-state index is 0.511. The van der Waals surface area contributed by atoms with Crippen LogP contribution in [0.3, 0.4) is 0 Å². The van der Waals surface area contributed by atoms with Gasteiger partial charge in [-0.1, -0.05) is 27.2 Å². The first-order chi connectivity index (χ1) is 7.74. The first-order valence-corrected chi connectivity index (χ1v) is 6.50. The normalized spacial score (nSPS) is 13.0. The van der Waals surface area contributed by atoms with E-state index in [0.717, 1.165) is 25.9 Å². The van der Waals surface area contributed by atoms with Crippen molar-refractivity contribution in [1.29, 1.82) is 0 Å². The van der Waals surface area contributed by atoms with Crippen LogP contribution in [0, 0.1) is 0 Å². The Labute approximate surface area is 99.2 Å². The van der Waals surface area contributed by atoms with E-state index >= 15 is 0 Å². The highest BCUT2D eigenvalue weighted by Gasteiger charge is 2.12. The summed E-state index contributed by atoms with van der Waals surface area (Å²) in [4.78, 5) is 0. The average molecular weight is 223 g/mol. The van der Waals surface area contributed by atoms with Gasteiger partial charge < -0.3 is 5.32 Å². The molecule has 0 aliphatic rings. The number of nitrogens with zero attached hydrogens (tertiary/aromatic N) is 2. The second-order valence-electron chi connectivity index (χ2n) is 4.35. The molecular formula is C13H25N3. The second kappa shape index (κ2) is 6.69. The zero-order valence-electron chi connectivity index (χ0n) is 11.1. The van der Waals surface area contributed by atoms with Crippen molar-refractivity contribution >= 4 is 0 Å². The standard InChI is InChI=1S/C13H25N3/c1-5-8-13-12(9-14-7-3)10-15-16(13)11(4)6-2/h10-11,14H,5-9H2,1-4H3. The highest BCUT2D eigenvalue weighted by molar-refractivity contribution is 5.18. The largest absolute Gasteiger partial charge is 0.313 e. The van der Waals surface area contributed by atoms with Gasteiger partial charge in [0.1, 0.15) is 0 Å². The zero-order chi connectivity index (χ0) is 12.0. The third-order valence-electron chi connectivity index (χ3n) is 3.05. The summed E-state index contributed by atoms with van der Waals surface area (Å²) in [5.74, 6) is 0. The van der Waals surface area contributed by atoms with Gasteiger partial charge in [0, 0.05) is 23.8 Å². The van der Waals surface area contributed by atoms with Gasteiger partial charge in [-0.05, 0) is 26.3 Å². The van der Waals surface area contributed by atoms with Crippen molar-refractivity contribution in [3.63, 3.8) is 0 Å². The number of hydrogen-bond acceptors (Lipinski definition) is 2. The molecule has 16 heavy (non-hydrogen) atoms. The van der Waals surface area contributed by atoms with Crippen LogP contribution >= 0.6 is 0 Å². The summed E-state index contributed by atoms with van der Waals surface area (Å²) in [6, 6.07) is 0.511. The van der Waals surface area contributed by atoms with Crippen LogP contribution in [-0.4, -0.2) is 16.3 Å². The number of aromatic nitrogens is 2. The lowest BCUT2D eigenvalue weighted by atomic mass is 10.1. The third kappa shape index (κ3) is 3.08. The van der Waals surface area contributed by atoms with Gasteiger partial charge in [-0.15, -0.1) is 0 Å². The van der Waals surface area contributed by atoms with Gasteiger partial charge in [-0.3, -0.25) is 4.68 Å². The van der Waals surface area contributed by atoms with E-state index in [-0.39, 0.29) is 0 Å². The van der Waals surface area contributed by atoms with Crippen molar-refractivity contribution in [1.82, 2.24) is 15.1 Å². The van der Waals surface area contributed by atoms with Crippen LogP contribution in [0.4, 0.5) is 0 Å². The van der Waals surface area contributed by atoms with Crippen molar-refractivity contribution in [3.05, 3.63) is 17.5 Å². The van der Waals surface area contributed by atoms with Crippen LogP contribution in [-0.2, 0) is 13.0 Å². The Hall–Kier alpha value is -0.830. The fourth-order valence-electron chi connectivity index (χ4n) is 1.90. The lowest BCUT2D eigenvalue weighted by molar-refractivity contribution is 0.457. The van der Waals surface area contributed by atoms with Crippen molar-refractivity contribution in [2.24, 2.45) is 0 Å². The molecule has 1 heterocycles. The average Bonchev–Trinajstić information content (AvgIpc) is 2.69. The lowest BCUT2D eigenvalue weighted by Crippen LogP contribution is -2.15. The van der Waals surface area contributed by atoms with Crippen LogP contribution in [0.15, 0.2) is 6.20 Å². The molecule has 0 aliphatic heterocycles. The van der Waals surface area contributed by atoms with Crippen molar-refractivity contribution in [3.8, 4) is 0 Å². The smallest absolute Gasteiger partial charge is 0.0537 e. The Balaban J connectivity index is 2.87. The molecule has 1 rings (SSSR count). The summed E-state index contributed by atoms with van der Waals surface area (Å²) in [5.41, 5.74) is 2.78. The maximum absolute atomic E-state index is 4.54. The summed E-state index contributed by atoms with van der Waals surface area (Å²) < 4.78 is 2.20. The van der Waals surface area contributed by atoms with Gasteiger partial charge in [0.05, 0.1) is 6.20 Å². The lowest BCUT2D eigenvalue weighted by Gasteiger charge is -2.14. The van der Waals surface area contributed by atoms with Crippen LogP contribution in [0.1, 0.15) is 57.8 Å². The summed E-state index contributed by atoms with van der Waals surface area (Å²) in [7, 11) is 0. The predicted molar refractivity (Wildman–Crippen MR) is 68.6 cm³/mol. The summed E-state index contributed by atoms with van der Waals surface area (Å²) >= 11 is 0. The highest BCUT2D eigenvalue weighted by Crippen LogP contribution is 2.18. The Morgan fingerprint density at radius 2 is 2.12 bits per heavy atom. The Morgan fingerprint density at radius 3 is 2.69 bits per heavy atom. The van der Waals surface area contributed by atoms with E-state index in [0.29, 0.717) is 6.04 Å². The Morgan fingerprint density at radius 1 is 1.38 bits per heavy atom. The number of nitrogens with one attached hydrogen (secondary N) is 1. The molecule has 0 saturated carbocycles. The second-order valence-corrected chi connectivity index (χ2v) is 4.35. The molecule has 0 fully saturated rings. The molecule has 0 radical (unpaired) electrons. The molecule has 1 aromatic heterocycles. The fourth-order valence-corrected chi connectivity index (χ4v) is 1.90. The molecule has 0 amide bonds. The van der Waals surface area contributed by atoms with Crippen LogP contribution in [0.25, 0.3) is 0 Å². The maximum Gasteiger partial charge on any atom is 0.0537 e. The fraction of sp³-hybridized carbons (Fsp3) is 0.769. The topological polar surface area (TPSA) is 29.9 Å². The summed E-state index contributed by atoms with van der Waals surface area (Å²) in [6.45, 7) is 10.8. The van der Waals surface area contributed by atoms with E-state index in [1.807, 2.05) is 6.20 Å². The van der Waals surface area contributed by atoms with E-state index in [1.165, 1.54) is 17.7 Å². The van der Waals surface area contributed by atoms with E-state index in [1.54, 1.807) is 0 Å². The van der Waals surface area contributed by atoms with E-state index in [2.05, 4.69) is 42.8 Å². The van der Waals surface area contributed by atoms with E-state index in [9.17, 15) is 0 Å². The van der Waals surface area contributed by atoms with Gasteiger partial charge in [-0.2, -0.15) is 5.10 Å². The Kier molecular flexibility index (Phi) is 5.53. The molecule has 0 spiro atoms. The predicted octanol–water partition coefficient (Wildman–Crippen LogP) is 2.92. The van der Waals surface area contributed by atoms with E-state index < -0.39 is 0 Å². The van der Waals surface area contributed by atoms with Crippen molar-refractivity contribution < 1.29 is 0 Å². The van der Waals surface area contributed by atoms with Gasteiger partial charge in [-0.25, -0.2) is 0 Å². The van der Waals surface area contributed by atoms with Crippen LogP contribution in [0.2, 0.25) is 0 Å². The molecular weight excluding hydrogens is 198 g/mol.